The molecule has 0 saturated heterocycles. The molecule has 0 amide bonds. The maximum Gasteiger partial charge on any atom is 0.231 e. The lowest BCUT2D eigenvalue weighted by molar-refractivity contribution is 0.586. The third-order valence-electron chi connectivity index (χ3n) is 2.15. The van der Waals surface area contributed by atoms with E-state index in [-0.39, 0.29) is 17.3 Å². The molecule has 2 rings (SSSR count). The molecule has 20 heavy (non-hydrogen) atoms. The Morgan fingerprint density at radius 2 is 1.70 bits per heavy atom. The van der Waals surface area contributed by atoms with Crippen molar-refractivity contribution in [3.8, 4) is 0 Å². The van der Waals surface area contributed by atoms with Gasteiger partial charge in [0.25, 0.3) is 0 Å². The van der Waals surface area contributed by atoms with E-state index < -0.39 is 21.7 Å². The highest BCUT2D eigenvalue weighted by Gasteiger charge is 2.07. The Hall–Kier alpha value is -2.29. The molecule has 0 fully saturated rings. The average Bonchev–Trinajstić information content (AvgIpc) is 2.33. The summed E-state index contributed by atoms with van der Waals surface area (Å²) in [6.45, 7) is 0. The largest absolute Gasteiger partial charge is 0.336 e. The molecule has 0 radical (unpaired) electrons. The normalized spacial score (nSPS) is 11.2. The monoisotopic (exact) mass is 300 g/mol. The summed E-state index contributed by atoms with van der Waals surface area (Å²) in [7, 11) is -3.43. The Balaban J connectivity index is 2.14. The first-order chi connectivity index (χ1) is 9.33. The number of sulfonamides is 1. The maximum atomic E-state index is 13.4. The first kappa shape index (κ1) is 14.1. The van der Waals surface area contributed by atoms with Crippen molar-refractivity contribution in [2.24, 2.45) is 0 Å². The number of nitrogens with one attached hydrogen (secondary N) is 2. The van der Waals surface area contributed by atoms with Gasteiger partial charge in [-0.1, -0.05) is 0 Å². The van der Waals surface area contributed by atoms with Gasteiger partial charge in [-0.15, -0.1) is 10.2 Å². The molecule has 6 nitrogen and oxygen atoms in total. The fourth-order valence-electron chi connectivity index (χ4n) is 1.37. The van der Waals surface area contributed by atoms with Crippen LogP contribution in [0.2, 0.25) is 0 Å². The number of aromatic nitrogens is 2. The summed E-state index contributed by atoms with van der Waals surface area (Å²) >= 11 is 0. The summed E-state index contributed by atoms with van der Waals surface area (Å²) < 4.78 is 50.2. The minimum Gasteiger partial charge on any atom is -0.336 e. The first-order valence-corrected chi connectivity index (χ1v) is 7.26. The van der Waals surface area contributed by atoms with E-state index in [1.165, 1.54) is 18.2 Å². The van der Waals surface area contributed by atoms with Crippen LogP contribution in [-0.4, -0.2) is 24.9 Å². The van der Waals surface area contributed by atoms with E-state index in [2.05, 4.69) is 20.2 Å². The Bertz CT molecular complexity index is 720. The highest BCUT2D eigenvalue weighted by molar-refractivity contribution is 7.92. The smallest absolute Gasteiger partial charge is 0.231 e. The second-order valence-corrected chi connectivity index (χ2v) is 5.68. The summed E-state index contributed by atoms with van der Waals surface area (Å²) in [5.74, 6) is -1.23. The first-order valence-electron chi connectivity index (χ1n) is 5.37. The van der Waals surface area contributed by atoms with Crippen molar-refractivity contribution < 1.29 is 17.2 Å². The second-order valence-electron chi connectivity index (χ2n) is 3.93. The van der Waals surface area contributed by atoms with Crippen LogP contribution < -0.4 is 10.0 Å². The van der Waals surface area contributed by atoms with Gasteiger partial charge >= 0.3 is 0 Å². The van der Waals surface area contributed by atoms with Gasteiger partial charge in [0, 0.05) is 6.07 Å². The minimum atomic E-state index is -3.43. The summed E-state index contributed by atoms with van der Waals surface area (Å²) in [5, 5.41) is 9.88. The van der Waals surface area contributed by atoms with Gasteiger partial charge in [0.1, 0.15) is 11.6 Å². The fraction of sp³-hybridized carbons (Fsp3) is 0.0909. The molecule has 2 aromatic rings. The quantitative estimate of drug-likeness (QED) is 0.900. The number of anilines is 3. The van der Waals surface area contributed by atoms with Crippen LogP contribution in [0.4, 0.5) is 26.1 Å². The molecule has 106 valence electrons. The van der Waals surface area contributed by atoms with Crippen molar-refractivity contribution in [2.45, 2.75) is 0 Å². The highest BCUT2D eigenvalue weighted by Crippen LogP contribution is 2.19. The highest BCUT2D eigenvalue weighted by atomic mass is 32.2. The van der Waals surface area contributed by atoms with E-state index >= 15 is 0 Å². The van der Waals surface area contributed by atoms with Crippen molar-refractivity contribution in [2.75, 3.05) is 16.3 Å². The van der Waals surface area contributed by atoms with Crippen molar-refractivity contribution in [1.82, 2.24) is 10.2 Å². The van der Waals surface area contributed by atoms with Crippen molar-refractivity contribution in [3.63, 3.8) is 0 Å². The standard InChI is InChI=1S/C11H10F2N4O2S/c1-20(18,19)17-11-5-4-10(15-16-11)14-9-3-2-7(12)6-8(9)13/h2-6H,1H3,(H,14,15)(H,16,17). The molecule has 0 atom stereocenters. The van der Waals surface area contributed by atoms with Gasteiger partial charge in [0.05, 0.1) is 11.9 Å². The van der Waals surface area contributed by atoms with Crippen LogP contribution in [0.3, 0.4) is 0 Å². The zero-order valence-electron chi connectivity index (χ0n) is 10.3. The Kier molecular flexibility index (Phi) is 3.79. The summed E-state index contributed by atoms with van der Waals surface area (Å²) in [4.78, 5) is 0. The second kappa shape index (κ2) is 5.37. The molecule has 0 aliphatic heterocycles. The number of nitrogens with zero attached hydrogens (tertiary/aromatic N) is 2. The number of hydrogen-bond donors (Lipinski definition) is 2. The molecule has 9 heteroatoms. The molecule has 2 N–H and O–H groups in total. The molecular weight excluding hydrogens is 290 g/mol. The lowest BCUT2D eigenvalue weighted by Gasteiger charge is -2.07. The van der Waals surface area contributed by atoms with E-state index in [0.717, 1.165) is 18.4 Å². The minimum absolute atomic E-state index is 0.0320. The van der Waals surface area contributed by atoms with Crippen molar-refractivity contribution in [3.05, 3.63) is 42.0 Å². The van der Waals surface area contributed by atoms with E-state index in [1.807, 2.05) is 0 Å². The van der Waals surface area contributed by atoms with E-state index in [1.54, 1.807) is 0 Å². The van der Waals surface area contributed by atoms with Crippen LogP contribution in [0.15, 0.2) is 30.3 Å². The molecule has 0 unspecified atom stereocenters. The van der Waals surface area contributed by atoms with E-state index in [9.17, 15) is 17.2 Å². The number of rotatable bonds is 4. The average molecular weight is 300 g/mol. The predicted octanol–water partition coefficient (Wildman–Crippen LogP) is 1.87. The molecule has 0 spiro atoms. The molecule has 0 saturated carbocycles. The van der Waals surface area contributed by atoms with Crippen LogP contribution in [0.5, 0.6) is 0 Å². The maximum absolute atomic E-state index is 13.4. The molecular formula is C11H10F2N4O2S. The van der Waals surface area contributed by atoms with E-state index in [4.69, 9.17) is 0 Å². The summed E-state index contributed by atoms with van der Waals surface area (Å²) in [6.07, 6.45) is 0.981. The zero-order valence-corrected chi connectivity index (χ0v) is 11.1. The van der Waals surface area contributed by atoms with Crippen LogP contribution >= 0.6 is 0 Å². The lowest BCUT2D eigenvalue weighted by atomic mass is 10.3. The summed E-state index contributed by atoms with van der Waals surface area (Å²) in [5.41, 5.74) is 0.0320. The Morgan fingerprint density at radius 1 is 1.05 bits per heavy atom. The molecule has 1 aromatic heterocycles. The van der Waals surface area contributed by atoms with Gasteiger partial charge in [-0.05, 0) is 24.3 Å². The summed E-state index contributed by atoms with van der Waals surface area (Å²) in [6, 6.07) is 5.81. The Morgan fingerprint density at radius 3 is 2.25 bits per heavy atom. The van der Waals surface area contributed by atoms with Crippen LogP contribution in [0, 0.1) is 11.6 Å². The van der Waals surface area contributed by atoms with Crippen LogP contribution in [0.1, 0.15) is 0 Å². The Labute approximate surface area is 113 Å². The lowest BCUT2D eigenvalue weighted by Crippen LogP contribution is -2.11. The fourth-order valence-corrected chi connectivity index (χ4v) is 1.86. The zero-order chi connectivity index (χ0) is 14.8. The van der Waals surface area contributed by atoms with Gasteiger partial charge in [-0.2, -0.15) is 0 Å². The van der Waals surface area contributed by atoms with Gasteiger partial charge < -0.3 is 5.32 Å². The molecule has 0 bridgehead atoms. The van der Waals surface area contributed by atoms with Gasteiger partial charge in [0.2, 0.25) is 10.0 Å². The van der Waals surface area contributed by atoms with Gasteiger partial charge in [-0.3, -0.25) is 4.72 Å². The SMILES string of the molecule is CS(=O)(=O)Nc1ccc(Nc2ccc(F)cc2F)nn1. The van der Waals surface area contributed by atoms with Crippen molar-refractivity contribution in [1.29, 1.82) is 0 Å². The molecule has 0 aliphatic rings. The van der Waals surface area contributed by atoms with Crippen LogP contribution in [-0.2, 0) is 10.0 Å². The predicted molar refractivity (Wildman–Crippen MR) is 70.1 cm³/mol. The number of benzene rings is 1. The van der Waals surface area contributed by atoms with Crippen molar-refractivity contribution >= 4 is 27.3 Å². The molecule has 1 heterocycles. The molecule has 1 aromatic carbocycles. The topological polar surface area (TPSA) is 84.0 Å². The third-order valence-corrected chi connectivity index (χ3v) is 2.73. The number of halogens is 2. The van der Waals surface area contributed by atoms with Gasteiger partial charge in [0.15, 0.2) is 11.6 Å². The number of hydrogen-bond acceptors (Lipinski definition) is 5. The third kappa shape index (κ3) is 3.85. The van der Waals surface area contributed by atoms with E-state index in [0.29, 0.717) is 0 Å². The molecule has 0 aliphatic carbocycles. The van der Waals surface area contributed by atoms with Crippen LogP contribution in [0.25, 0.3) is 0 Å². The van der Waals surface area contributed by atoms with Gasteiger partial charge in [-0.25, -0.2) is 17.2 Å².